The Labute approximate surface area is 183 Å². The predicted molar refractivity (Wildman–Crippen MR) is 117 cm³/mol. The van der Waals surface area contributed by atoms with Gasteiger partial charge in [0.2, 0.25) is 5.91 Å². The Hall–Kier alpha value is -2.85. The highest BCUT2D eigenvalue weighted by atomic mass is 16.5. The fraction of sp³-hybridized carbons (Fsp3) is 0.571. The van der Waals surface area contributed by atoms with Crippen molar-refractivity contribution in [2.45, 2.75) is 13.0 Å². The minimum absolute atomic E-state index is 0.0656. The number of methoxy groups -OCH3 is 1. The summed E-state index contributed by atoms with van der Waals surface area (Å²) in [6.07, 6.45) is 0. The first kappa shape index (κ1) is 22.8. The molecule has 2 aliphatic heterocycles. The largest absolute Gasteiger partial charge is 0.497 e. The summed E-state index contributed by atoms with van der Waals surface area (Å²) in [4.78, 5) is 31.8. The monoisotopic (exact) mass is 432 g/mol. The van der Waals surface area contributed by atoms with Gasteiger partial charge in [-0.05, 0) is 24.6 Å². The molecule has 1 unspecified atom stereocenters. The van der Waals surface area contributed by atoms with Crippen LogP contribution in [-0.4, -0.2) is 93.8 Å². The molecule has 0 aliphatic carbocycles. The smallest absolute Gasteiger partial charge is 0.324 e. The van der Waals surface area contributed by atoms with Gasteiger partial charge in [0.25, 0.3) is 0 Å². The van der Waals surface area contributed by atoms with Crippen molar-refractivity contribution in [3.8, 4) is 5.75 Å². The van der Waals surface area contributed by atoms with E-state index in [1.807, 2.05) is 19.1 Å². The summed E-state index contributed by atoms with van der Waals surface area (Å²) < 4.78 is 10.8. The van der Waals surface area contributed by atoms with Crippen LogP contribution in [0.25, 0.3) is 0 Å². The van der Waals surface area contributed by atoms with Crippen molar-refractivity contribution in [3.05, 3.63) is 29.8 Å². The Morgan fingerprint density at radius 1 is 1.23 bits per heavy atom. The molecule has 170 valence electrons. The molecular weight excluding hydrogens is 400 g/mol. The zero-order valence-electron chi connectivity index (χ0n) is 18.2. The van der Waals surface area contributed by atoms with Crippen LogP contribution < -0.4 is 20.7 Å². The third-order valence-electron chi connectivity index (χ3n) is 5.32. The Balaban J connectivity index is 1.65. The number of carbonyl (C=O) groups is 2. The van der Waals surface area contributed by atoms with Crippen molar-refractivity contribution < 1.29 is 19.1 Å². The predicted octanol–water partition coefficient (Wildman–Crippen LogP) is 0.175. The maximum atomic E-state index is 11.7. The highest BCUT2D eigenvalue weighted by Crippen LogP contribution is 2.24. The third kappa shape index (κ3) is 6.31. The molecule has 3 amide bonds. The van der Waals surface area contributed by atoms with Gasteiger partial charge < -0.3 is 25.4 Å². The molecule has 2 heterocycles. The summed E-state index contributed by atoms with van der Waals surface area (Å²) in [6.45, 7) is 7.17. The number of ether oxygens (including phenoxy) is 2. The van der Waals surface area contributed by atoms with E-state index in [0.29, 0.717) is 45.4 Å². The van der Waals surface area contributed by atoms with Crippen molar-refractivity contribution >= 4 is 17.9 Å². The lowest BCUT2D eigenvalue weighted by Gasteiger charge is -2.34. The standard InChI is InChI=1S/C21H32N6O4/c1-3-22-20(23-8-9-27-19(28)15-25-21(27)29)24-14-18(26-10-12-31-13-11-26)16-4-6-17(30-2)7-5-16/h4-7,18H,3,8-15H2,1-2H3,(H,25,29)(H2,22,23,24). The Bertz CT molecular complexity index is 748. The van der Waals surface area contributed by atoms with Crippen LogP contribution in [0.3, 0.4) is 0 Å². The van der Waals surface area contributed by atoms with Crippen LogP contribution in [0, 0.1) is 0 Å². The summed E-state index contributed by atoms with van der Waals surface area (Å²) in [7, 11) is 1.66. The number of nitrogens with zero attached hydrogens (tertiary/aromatic N) is 3. The molecular formula is C21H32N6O4. The van der Waals surface area contributed by atoms with E-state index in [1.165, 1.54) is 10.5 Å². The third-order valence-corrected chi connectivity index (χ3v) is 5.32. The maximum Gasteiger partial charge on any atom is 0.324 e. The first-order chi connectivity index (χ1) is 15.1. The molecule has 10 heteroatoms. The van der Waals surface area contributed by atoms with Crippen molar-refractivity contribution in [1.82, 2.24) is 25.8 Å². The van der Waals surface area contributed by atoms with Gasteiger partial charge >= 0.3 is 6.03 Å². The summed E-state index contributed by atoms with van der Waals surface area (Å²) in [5, 5.41) is 8.97. The summed E-state index contributed by atoms with van der Waals surface area (Å²) >= 11 is 0. The molecule has 3 rings (SSSR count). The van der Waals surface area contributed by atoms with E-state index < -0.39 is 0 Å². The molecule has 2 fully saturated rings. The second-order valence-electron chi connectivity index (χ2n) is 7.29. The molecule has 31 heavy (non-hydrogen) atoms. The number of nitrogens with one attached hydrogen (secondary N) is 3. The lowest BCUT2D eigenvalue weighted by molar-refractivity contribution is -0.124. The molecule has 0 radical (unpaired) electrons. The Kier molecular flexibility index (Phi) is 8.48. The number of guanidine groups is 1. The fourth-order valence-corrected chi connectivity index (χ4v) is 3.63. The number of carbonyl (C=O) groups excluding carboxylic acids is 2. The van der Waals surface area contributed by atoms with Crippen LogP contribution in [0.2, 0.25) is 0 Å². The first-order valence-electron chi connectivity index (χ1n) is 10.7. The Morgan fingerprint density at radius 3 is 2.58 bits per heavy atom. The van der Waals surface area contributed by atoms with E-state index in [9.17, 15) is 9.59 Å². The number of aliphatic imine (C=N–C) groups is 1. The van der Waals surface area contributed by atoms with Crippen molar-refractivity contribution in [2.75, 3.05) is 66.1 Å². The van der Waals surface area contributed by atoms with Crippen molar-refractivity contribution in [3.63, 3.8) is 0 Å². The van der Waals surface area contributed by atoms with Gasteiger partial charge in [-0.15, -0.1) is 0 Å². The minimum atomic E-state index is -0.347. The summed E-state index contributed by atoms with van der Waals surface area (Å²) in [6, 6.07) is 7.85. The molecule has 10 nitrogen and oxygen atoms in total. The van der Waals surface area contributed by atoms with Crippen LogP contribution in [0.15, 0.2) is 29.3 Å². The van der Waals surface area contributed by atoms with E-state index in [-0.39, 0.29) is 24.5 Å². The van der Waals surface area contributed by atoms with E-state index >= 15 is 0 Å². The number of benzene rings is 1. The average Bonchev–Trinajstić information content (AvgIpc) is 3.12. The SMILES string of the molecule is CCNC(=NCC(c1ccc(OC)cc1)N1CCOCC1)NCCN1C(=O)CNC1=O. The molecule has 0 spiro atoms. The molecule has 2 aliphatic rings. The van der Waals surface area contributed by atoms with Gasteiger partial charge in [-0.2, -0.15) is 0 Å². The van der Waals surface area contributed by atoms with E-state index in [4.69, 9.17) is 14.5 Å². The molecule has 2 saturated heterocycles. The number of imide groups is 1. The van der Waals surface area contributed by atoms with E-state index in [2.05, 4.69) is 33.0 Å². The topological polar surface area (TPSA) is 108 Å². The average molecular weight is 433 g/mol. The summed E-state index contributed by atoms with van der Waals surface area (Å²) in [5.41, 5.74) is 1.17. The number of hydrogen-bond donors (Lipinski definition) is 3. The number of morpholine rings is 1. The van der Waals surface area contributed by atoms with Gasteiger partial charge in [-0.1, -0.05) is 12.1 Å². The van der Waals surface area contributed by atoms with Gasteiger partial charge in [-0.3, -0.25) is 19.6 Å². The van der Waals surface area contributed by atoms with Crippen LogP contribution >= 0.6 is 0 Å². The molecule has 1 aromatic carbocycles. The number of rotatable bonds is 9. The maximum absolute atomic E-state index is 11.7. The highest BCUT2D eigenvalue weighted by Gasteiger charge is 2.27. The zero-order valence-corrected chi connectivity index (χ0v) is 18.2. The van der Waals surface area contributed by atoms with Crippen LogP contribution in [0.4, 0.5) is 4.79 Å². The van der Waals surface area contributed by atoms with Crippen LogP contribution in [0.1, 0.15) is 18.5 Å². The van der Waals surface area contributed by atoms with Gasteiger partial charge in [-0.25, -0.2) is 4.79 Å². The normalized spacial score (nSPS) is 18.6. The fourth-order valence-electron chi connectivity index (χ4n) is 3.63. The molecule has 1 aromatic rings. The molecule has 1 atom stereocenters. The number of hydrogen-bond acceptors (Lipinski definition) is 6. The quantitative estimate of drug-likeness (QED) is 0.290. The van der Waals surface area contributed by atoms with Crippen molar-refractivity contribution in [1.29, 1.82) is 0 Å². The number of amides is 3. The zero-order chi connectivity index (χ0) is 22.1. The first-order valence-corrected chi connectivity index (χ1v) is 10.7. The van der Waals surface area contributed by atoms with Crippen LogP contribution in [-0.2, 0) is 9.53 Å². The van der Waals surface area contributed by atoms with Crippen molar-refractivity contribution in [2.24, 2.45) is 4.99 Å². The molecule has 0 saturated carbocycles. The second kappa shape index (κ2) is 11.5. The number of urea groups is 1. The molecule has 0 bridgehead atoms. The Morgan fingerprint density at radius 2 is 1.97 bits per heavy atom. The highest BCUT2D eigenvalue weighted by molar-refractivity contribution is 6.01. The van der Waals surface area contributed by atoms with Gasteiger partial charge in [0, 0.05) is 32.7 Å². The van der Waals surface area contributed by atoms with Gasteiger partial charge in [0.1, 0.15) is 5.75 Å². The van der Waals surface area contributed by atoms with E-state index in [0.717, 1.165) is 18.8 Å². The lowest BCUT2D eigenvalue weighted by Crippen LogP contribution is -2.44. The lowest BCUT2D eigenvalue weighted by atomic mass is 10.0. The van der Waals surface area contributed by atoms with Crippen LogP contribution in [0.5, 0.6) is 5.75 Å². The summed E-state index contributed by atoms with van der Waals surface area (Å²) in [5.74, 6) is 1.27. The minimum Gasteiger partial charge on any atom is -0.497 e. The van der Waals surface area contributed by atoms with Gasteiger partial charge in [0.15, 0.2) is 5.96 Å². The molecule has 0 aromatic heterocycles. The molecule has 3 N–H and O–H groups in total. The van der Waals surface area contributed by atoms with Gasteiger partial charge in [0.05, 0.1) is 39.5 Å². The van der Waals surface area contributed by atoms with E-state index in [1.54, 1.807) is 7.11 Å². The second-order valence-corrected chi connectivity index (χ2v) is 7.29.